The van der Waals surface area contributed by atoms with Crippen LogP contribution in [0, 0.1) is 0 Å². The molecule has 39 heavy (non-hydrogen) atoms. The van der Waals surface area contributed by atoms with Gasteiger partial charge in [0.1, 0.15) is 28.9 Å². The summed E-state index contributed by atoms with van der Waals surface area (Å²) < 4.78 is 39.4. The number of rotatable bonds is 16. The highest BCUT2D eigenvalue weighted by Gasteiger charge is 2.31. The van der Waals surface area contributed by atoms with Crippen LogP contribution in [-0.2, 0) is 35.0 Å². The summed E-state index contributed by atoms with van der Waals surface area (Å²) in [5.74, 6) is 0.544. The van der Waals surface area contributed by atoms with Crippen molar-refractivity contribution in [3.63, 3.8) is 0 Å². The highest BCUT2D eigenvalue weighted by molar-refractivity contribution is 6.71. The van der Waals surface area contributed by atoms with Gasteiger partial charge in [0.25, 0.3) is 0 Å². The van der Waals surface area contributed by atoms with Crippen LogP contribution in [0.1, 0.15) is 52.9 Å². The minimum Gasteiger partial charge on any atom is -0.467 e. The lowest BCUT2D eigenvalue weighted by atomic mass is 9.91. The van der Waals surface area contributed by atoms with Crippen LogP contribution in [0.15, 0.2) is 30.3 Å². The van der Waals surface area contributed by atoms with E-state index in [1.54, 1.807) is 24.3 Å². The van der Waals surface area contributed by atoms with Crippen molar-refractivity contribution >= 4 is 14.1 Å². The van der Waals surface area contributed by atoms with Crippen molar-refractivity contribution in [2.24, 2.45) is 0 Å². The van der Waals surface area contributed by atoms with E-state index in [1.165, 1.54) is 21.3 Å². The van der Waals surface area contributed by atoms with Crippen LogP contribution in [0.5, 0.6) is 17.2 Å². The van der Waals surface area contributed by atoms with E-state index in [1.807, 2.05) is 6.07 Å². The minimum absolute atomic E-state index is 0.0425. The molecule has 1 aliphatic heterocycles. The Morgan fingerprint density at radius 1 is 0.923 bits per heavy atom. The van der Waals surface area contributed by atoms with Crippen molar-refractivity contribution in [1.82, 2.24) is 0 Å². The number of carbonyl (C=O) groups is 1. The predicted molar refractivity (Wildman–Crippen MR) is 146 cm³/mol. The summed E-state index contributed by atoms with van der Waals surface area (Å²) in [6.45, 7) is 7.09. The monoisotopic (exact) mass is 564 g/mol. The largest absolute Gasteiger partial charge is 0.467 e. The zero-order chi connectivity index (χ0) is 28.3. The second-order valence-electron chi connectivity index (χ2n) is 9.62. The molecule has 1 fully saturated rings. The number of methoxy groups -OCH3 is 3. The molecule has 0 aliphatic carbocycles. The Bertz CT molecular complexity index is 1040. The van der Waals surface area contributed by atoms with Crippen LogP contribution in [0.2, 0.25) is 19.1 Å². The Balaban J connectivity index is 2.16. The Morgan fingerprint density at radius 2 is 1.54 bits per heavy atom. The zero-order valence-corrected chi connectivity index (χ0v) is 24.7. The topological polar surface area (TPSA) is 100 Å². The van der Waals surface area contributed by atoms with E-state index < -0.39 is 14.4 Å². The van der Waals surface area contributed by atoms with Crippen LogP contribution in [0.3, 0.4) is 0 Å². The molecule has 1 heterocycles. The van der Waals surface area contributed by atoms with Crippen molar-refractivity contribution in [2.75, 3.05) is 48.3 Å². The third kappa shape index (κ3) is 8.48. The van der Waals surface area contributed by atoms with Gasteiger partial charge in [-0.25, -0.2) is 9.78 Å². The summed E-state index contributed by atoms with van der Waals surface area (Å²) in [7, 11) is 2.71. The second kappa shape index (κ2) is 15.3. The SMILES string of the molecule is CC[Si](C)(C)OCc1cc(OCOC)c(C(=O)c2c(OCOC)cccc2C2CCCOO2)c(OCOC)c1. The lowest BCUT2D eigenvalue weighted by molar-refractivity contribution is -0.348. The molecule has 3 rings (SSSR count). The van der Waals surface area contributed by atoms with Crippen molar-refractivity contribution in [1.29, 1.82) is 0 Å². The summed E-state index contributed by atoms with van der Waals surface area (Å²) in [6.07, 6.45) is 1.02. The predicted octanol–water partition coefficient (Wildman–Crippen LogP) is 5.39. The van der Waals surface area contributed by atoms with Crippen LogP contribution in [0.4, 0.5) is 0 Å². The fourth-order valence-corrected chi connectivity index (χ4v) is 4.71. The molecule has 2 aromatic rings. The van der Waals surface area contributed by atoms with Gasteiger partial charge in [-0.3, -0.25) is 4.79 Å². The molecule has 1 saturated heterocycles. The number of ketones is 1. The summed E-state index contributed by atoms with van der Waals surface area (Å²) in [5.41, 5.74) is 1.93. The molecule has 1 aliphatic rings. The molecule has 0 radical (unpaired) electrons. The Labute approximate surface area is 231 Å². The smallest absolute Gasteiger partial charge is 0.204 e. The van der Waals surface area contributed by atoms with Gasteiger partial charge >= 0.3 is 0 Å². The molecule has 0 bridgehead atoms. The average molecular weight is 565 g/mol. The summed E-state index contributed by atoms with van der Waals surface area (Å²) in [6, 6.07) is 9.88. The van der Waals surface area contributed by atoms with E-state index in [0.717, 1.165) is 18.0 Å². The first kappa shape index (κ1) is 31.0. The van der Waals surface area contributed by atoms with Crippen LogP contribution in [-0.4, -0.2) is 62.4 Å². The molecule has 11 heteroatoms. The molecular formula is C28H40O10Si. The third-order valence-electron chi connectivity index (χ3n) is 6.34. The van der Waals surface area contributed by atoms with E-state index in [-0.39, 0.29) is 31.7 Å². The molecule has 0 amide bonds. The normalized spacial score (nSPS) is 15.7. The lowest BCUT2D eigenvalue weighted by Gasteiger charge is -2.25. The van der Waals surface area contributed by atoms with Gasteiger partial charge in [0.05, 0.1) is 18.8 Å². The van der Waals surface area contributed by atoms with E-state index in [9.17, 15) is 4.79 Å². The molecule has 10 nitrogen and oxygen atoms in total. The number of ether oxygens (including phenoxy) is 6. The molecule has 0 spiro atoms. The van der Waals surface area contributed by atoms with Crippen molar-refractivity contribution in [3.05, 3.63) is 52.6 Å². The number of hydrogen-bond donors (Lipinski definition) is 0. The zero-order valence-electron chi connectivity index (χ0n) is 23.7. The first-order valence-electron chi connectivity index (χ1n) is 13.0. The quantitative estimate of drug-likeness (QED) is 0.114. The molecule has 1 unspecified atom stereocenters. The van der Waals surface area contributed by atoms with Gasteiger partial charge in [0.2, 0.25) is 5.78 Å². The molecule has 216 valence electrons. The Morgan fingerprint density at radius 3 is 2.08 bits per heavy atom. The van der Waals surface area contributed by atoms with Gasteiger partial charge in [0.15, 0.2) is 28.7 Å². The number of carbonyl (C=O) groups excluding carboxylic acids is 1. The second-order valence-corrected chi connectivity index (χ2v) is 14.1. The highest BCUT2D eigenvalue weighted by atomic mass is 28.4. The van der Waals surface area contributed by atoms with E-state index >= 15 is 0 Å². The molecule has 1 atom stereocenters. The van der Waals surface area contributed by atoms with Gasteiger partial charge in [-0.05, 0) is 61.3 Å². The van der Waals surface area contributed by atoms with E-state index in [0.29, 0.717) is 48.0 Å². The maximum Gasteiger partial charge on any atom is 0.204 e. The van der Waals surface area contributed by atoms with Gasteiger partial charge in [-0.1, -0.05) is 19.1 Å². The number of hydrogen-bond acceptors (Lipinski definition) is 10. The molecule has 0 aromatic heterocycles. The molecule has 2 aromatic carbocycles. The number of benzene rings is 2. The Hall–Kier alpha value is -2.51. The average Bonchev–Trinajstić information content (AvgIpc) is 2.96. The molecular weight excluding hydrogens is 524 g/mol. The standard InChI is InChI=1S/C28H40O10Si/c1-7-39(5,6)37-16-20-14-24(34-18-31-3)27(25(15-20)35-19-32-4)28(29)26-21(22-12-9-13-36-38-22)10-8-11-23(26)33-17-30-2/h8,10-11,14-15,22H,7,9,12-13,16-19H2,1-6H3. The fourth-order valence-electron chi connectivity index (χ4n) is 3.95. The van der Waals surface area contributed by atoms with Gasteiger partial charge in [-0.15, -0.1) is 0 Å². The summed E-state index contributed by atoms with van der Waals surface area (Å²) in [5, 5.41) is 0. The van der Waals surface area contributed by atoms with Crippen molar-refractivity contribution in [3.8, 4) is 17.2 Å². The first-order chi connectivity index (χ1) is 18.8. The highest BCUT2D eigenvalue weighted by Crippen LogP contribution is 2.40. The maximum absolute atomic E-state index is 14.5. The van der Waals surface area contributed by atoms with Crippen molar-refractivity contribution < 1.29 is 47.4 Å². The van der Waals surface area contributed by atoms with Crippen LogP contribution >= 0.6 is 0 Å². The van der Waals surface area contributed by atoms with Gasteiger partial charge < -0.3 is 32.8 Å². The lowest BCUT2D eigenvalue weighted by Crippen LogP contribution is -2.28. The van der Waals surface area contributed by atoms with Crippen LogP contribution in [0.25, 0.3) is 0 Å². The van der Waals surface area contributed by atoms with Crippen LogP contribution < -0.4 is 14.2 Å². The first-order valence-corrected chi connectivity index (χ1v) is 16.1. The summed E-state index contributed by atoms with van der Waals surface area (Å²) in [4.78, 5) is 25.3. The minimum atomic E-state index is -1.83. The Kier molecular flexibility index (Phi) is 12.2. The molecule has 0 saturated carbocycles. The van der Waals surface area contributed by atoms with E-state index in [2.05, 4.69) is 20.0 Å². The van der Waals surface area contributed by atoms with Crippen molar-refractivity contribution in [2.45, 2.75) is 51.6 Å². The van der Waals surface area contributed by atoms with E-state index in [4.69, 9.17) is 42.6 Å². The summed E-state index contributed by atoms with van der Waals surface area (Å²) >= 11 is 0. The fraction of sp³-hybridized carbons (Fsp3) is 0.536. The van der Waals surface area contributed by atoms with Gasteiger partial charge in [0, 0.05) is 21.3 Å². The van der Waals surface area contributed by atoms with Gasteiger partial charge in [-0.2, -0.15) is 0 Å². The molecule has 0 N–H and O–H groups in total. The third-order valence-corrected chi connectivity index (χ3v) is 8.97. The maximum atomic E-state index is 14.5.